The largest absolute Gasteiger partial charge is 0.355 e. The first-order chi connectivity index (χ1) is 9.65. The highest BCUT2D eigenvalue weighted by Crippen LogP contribution is 2.21. The SMILES string of the molecule is CNC(=O)c1cccc(-c2ccc(C(=O)NO)cc2)c1. The maximum atomic E-state index is 11.6. The van der Waals surface area contributed by atoms with Crippen LogP contribution in [0.2, 0.25) is 0 Å². The van der Waals surface area contributed by atoms with Crippen LogP contribution >= 0.6 is 0 Å². The Balaban J connectivity index is 2.32. The van der Waals surface area contributed by atoms with Crippen LogP contribution in [-0.4, -0.2) is 24.1 Å². The van der Waals surface area contributed by atoms with Crippen LogP contribution in [0.15, 0.2) is 48.5 Å². The summed E-state index contributed by atoms with van der Waals surface area (Å²) in [4.78, 5) is 22.8. The first kappa shape index (κ1) is 13.8. The van der Waals surface area contributed by atoms with Crippen molar-refractivity contribution in [1.82, 2.24) is 10.8 Å². The molecule has 2 aromatic rings. The van der Waals surface area contributed by atoms with Gasteiger partial charge in [0.25, 0.3) is 11.8 Å². The zero-order valence-electron chi connectivity index (χ0n) is 10.9. The molecular formula is C15H14N2O3. The van der Waals surface area contributed by atoms with Gasteiger partial charge in [-0.25, -0.2) is 5.48 Å². The Hall–Kier alpha value is -2.66. The second-order valence-corrected chi connectivity index (χ2v) is 4.18. The van der Waals surface area contributed by atoms with E-state index in [9.17, 15) is 9.59 Å². The molecule has 0 radical (unpaired) electrons. The molecule has 0 aromatic heterocycles. The van der Waals surface area contributed by atoms with E-state index in [1.54, 1.807) is 55.0 Å². The van der Waals surface area contributed by atoms with E-state index in [4.69, 9.17) is 5.21 Å². The standard InChI is InChI=1S/C15H14N2O3/c1-16-14(18)13-4-2-3-12(9-13)10-5-7-11(8-6-10)15(19)17-20/h2-9,20H,1H3,(H,16,18)(H,17,19). The highest BCUT2D eigenvalue weighted by molar-refractivity contribution is 5.96. The fourth-order valence-corrected chi connectivity index (χ4v) is 1.86. The molecule has 0 unspecified atom stereocenters. The number of hydroxylamine groups is 1. The lowest BCUT2D eigenvalue weighted by molar-refractivity contribution is 0.0706. The molecule has 0 aliphatic carbocycles. The highest BCUT2D eigenvalue weighted by atomic mass is 16.5. The summed E-state index contributed by atoms with van der Waals surface area (Å²) in [6.07, 6.45) is 0. The Morgan fingerprint density at radius 3 is 2.20 bits per heavy atom. The molecule has 5 heteroatoms. The predicted molar refractivity (Wildman–Crippen MR) is 74.5 cm³/mol. The molecule has 2 amide bonds. The van der Waals surface area contributed by atoms with Gasteiger partial charge in [-0.05, 0) is 35.4 Å². The van der Waals surface area contributed by atoms with Crippen molar-refractivity contribution in [3.8, 4) is 11.1 Å². The van der Waals surface area contributed by atoms with E-state index in [0.29, 0.717) is 11.1 Å². The maximum absolute atomic E-state index is 11.6. The molecule has 0 aliphatic rings. The Labute approximate surface area is 116 Å². The number of carbonyl (C=O) groups is 2. The van der Waals surface area contributed by atoms with E-state index in [1.807, 2.05) is 6.07 Å². The third-order valence-electron chi connectivity index (χ3n) is 2.93. The van der Waals surface area contributed by atoms with Crippen LogP contribution in [0.5, 0.6) is 0 Å². The summed E-state index contributed by atoms with van der Waals surface area (Å²) in [6.45, 7) is 0. The van der Waals surface area contributed by atoms with E-state index in [0.717, 1.165) is 11.1 Å². The van der Waals surface area contributed by atoms with Gasteiger partial charge in [-0.3, -0.25) is 14.8 Å². The Bertz CT molecular complexity index is 636. The molecule has 102 valence electrons. The number of hydrogen-bond donors (Lipinski definition) is 3. The minimum Gasteiger partial charge on any atom is -0.355 e. The normalized spacial score (nSPS) is 9.90. The summed E-state index contributed by atoms with van der Waals surface area (Å²) >= 11 is 0. The van der Waals surface area contributed by atoms with Crippen LogP contribution in [0.4, 0.5) is 0 Å². The molecule has 0 saturated heterocycles. The first-order valence-corrected chi connectivity index (χ1v) is 6.02. The molecule has 0 bridgehead atoms. The van der Waals surface area contributed by atoms with Gasteiger partial charge in [0, 0.05) is 18.2 Å². The van der Waals surface area contributed by atoms with Crippen LogP contribution in [0.25, 0.3) is 11.1 Å². The van der Waals surface area contributed by atoms with E-state index in [2.05, 4.69) is 5.32 Å². The van der Waals surface area contributed by atoms with E-state index >= 15 is 0 Å². The molecule has 20 heavy (non-hydrogen) atoms. The van der Waals surface area contributed by atoms with Crippen LogP contribution in [0.3, 0.4) is 0 Å². The number of rotatable bonds is 3. The summed E-state index contributed by atoms with van der Waals surface area (Å²) in [5.41, 5.74) is 4.27. The second-order valence-electron chi connectivity index (χ2n) is 4.18. The summed E-state index contributed by atoms with van der Waals surface area (Å²) in [5.74, 6) is -0.709. The van der Waals surface area contributed by atoms with Gasteiger partial charge in [0.2, 0.25) is 0 Å². The molecule has 0 fully saturated rings. The molecular weight excluding hydrogens is 256 g/mol. The van der Waals surface area contributed by atoms with Gasteiger partial charge < -0.3 is 5.32 Å². The second kappa shape index (κ2) is 5.99. The third-order valence-corrected chi connectivity index (χ3v) is 2.93. The predicted octanol–water partition coefficient (Wildman–Crippen LogP) is 1.83. The van der Waals surface area contributed by atoms with Gasteiger partial charge in [-0.2, -0.15) is 0 Å². The Kier molecular flexibility index (Phi) is 4.12. The van der Waals surface area contributed by atoms with E-state index < -0.39 is 5.91 Å². The zero-order valence-corrected chi connectivity index (χ0v) is 10.9. The van der Waals surface area contributed by atoms with Gasteiger partial charge >= 0.3 is 0 Å². The van der Waals surface area contributed by atoms with Gasteiger partial charge in [0.1, 0.15) is 0 Å². The molecule has 2 rings (SSSR count). The Morgan fingerprint density at radius 2 is 1.60 bits per heavy atom. The number of hydrogen-bond acceptors (Lipinski definition) is 3. The maximum Gasteiger partial charge on any atom is 0.274 e. The molecule has 0 heterocycles. The summed E-state index contributed by atoms with van der Waals surface area (Å²) in [5, 5.41) is 11.1. The van der Waals surface area contributed by atoms with Gasteiger partial charge in [0.05, 0.1) is 0 Å². The minimum atomic E-state index is -0.560. The molecule has 0 spiro atoms. The van der Waals surface area contributed by atoms with Crippen molar-refractivity contribution >= 4 is 11.8 Å². The number of amides is 2. The van der Waals surface area contributed by atoms with Crippen molar-refractivity contribution in [2.45, 2.75) is 0 Å². The fourth-order valence-electron chi connectivity index (χ4n) is 1.86. The van der Waals surface area contributed by atoms with Crippen LogP contribution < -0.4 is 10.8 Å². The van der Waals surface area contributed by atoms with Gasteiger partial charge in [-0.1, -0.05) is 24.3 Å². The zero-order chi connectivity index (χ0) is 14.5. The summed E-state index contributed by atoms with van der Waals surface area (Å²) in [7, 11) is 1.58. The lowest BCUT2D eigenvalue weighted by Crippen LogP contribution is -2.18. The van der Waals surface area contributed by atoms with Crippen LogP contribution in [-0.2, 0) is 0 Å². The Morgan fingerprint density at radius 1 is 0.900 bits per heavy atom. The minimum absolute atomic E-state index is 0.150. The quantitative estimate of drug-likeness (QED) is 0.588. The molecule has 2 aromatic carbocycles. The van der Waals surface area contributed by atoms with Crippen molar-refractivity contribution in [3.63, 3.8) is 0 Å². The molecule has 3 N–H and O–H groups in total. The summed E-state index contributed by atoms with van der Waals surface area (Å²) < 4.78 is 0. The van der Waals surface area contributed by atoms with Crippen molar-refractivity contribution in [2.75, 3.05) is 7.05 Å². The average Bonchev–Trinajstić information content (AvgIpc) is 2.53. The van der Waals surface area contributed by atoms with Crippen LogP contribution in [0.1, 0.15) is 20.7 Å². The molecule has 0 atom stereocenters. The summed E-state index contributed by atoms with van der Waals surface area (Å²) in [6, 6.07) is 13.9. The number of carbonyl (C=O) groups excluding carboxylic acids is 2. The van der Waals surface area contributed by atoms with E-state index in [-0.39, 0.29) is 5.91 Å². The van der Waals surface area contributed by atoms with Gasteiger partial charge in [0.15, 0.2) is 0 Å². The fraction of sp³-hybridized carbons (Fsp3) is 0.0667. The van der Waals surface area contributed by atoms with Crippen LogP contribution in [0, 0.1) is 0 Å². The lowest BCUT2D eigenvalue weighted by Gasteiger charge is -2.06. The van der Waals surface area contributed by atoms with Crippen molar-refractivity contribution in [1.29, 1.82) is 0 Å². The lowest BCUT2D eigenvalue weighted by atomic mass is 10.0. The topological polar surface area (TPSA) is 78.4 Å². The first-order valence-electron chi connectivity index (χ1n) is 6.02. The number of benzene rings is 2. The highest BCUT2D eigenvalue weighted by Gasteiger charge is 2.07. The molecule has 0 saturated carbocycles. The monoisotopic (exact) mass is 270 g/mol. The number of nitrogens with one attached hydrogen (secondary N) is 2. The van der Waals surface area contributed by atoms with Crippen molar-refractivity contribution in [3.05, 3.63) is 59.7 Å². The van der Waals surface area contributed by atoms with Crippen molar-refractivity contribution < 1.29 is 14.8 Å². The average molecular weight is 270 g/mol. The molecule has 5 nitrogen and oxygen atoms in total. The van der Waals surface area contributed by atoms with Crippen molar-refractivity contribution in [2.24, 2.45) is 0 Å². The third kappa shape index (κ3) is 2.84. The van der Waals surface area contributed by atoms with Gasteiger partial charge in [-0.15, -0.1) is 0 Å². The smallest absolute Gasteiger partial charge is 0.274 e. The van der Waals surface area contributed by atoms with E-state index in [1.165, 1.54) is 0 Å². The molecule has 0 aliphatic heterocycles.